The maximum Gasteiger partial charge on any atom is 0.339 e. The van der Waals surface area contributed by atoms with E-state index in [1.165, 1.54) is 7.11 Å². The highest BCUT2D eigenvalue weighted by molar-refractivity contribution is 5.80. The third-order valence-electron chi connectivity index (χ3n) is 3.74. The van der Waals surface area contributed by atoms with Crippen LogP contribution in [0.5, 0.6) is 0 Å². The molecular formula is C14H27NO3. The Balaban J connectivity index is 2.85. The standard InChI is InChI=1S/C14H27NO3/c1-6-7-18-14(12(16)17-5)8-11(9-15-10-14)13(2,3)4/h11,15H,6-10H2,1-5H3/t11-,14+/m1/s1. The van der Waals surface area contributed by atoms with E-state index in [-0.39, 0.29) is 11.4 Å². The number of ether oxygens (including phenoxy) is 2. The van der Waals surface area contributed by atoms with Gasteiger partial charge in [-0.05, 0) is 30.7 Å². The highest BCUT2D eigenvalue weighted by Crippen LogP contribution is 2.36. The summed E-state index contributed by atoms with van der Waals surface area (Å²) in [6.45, 7) is 10.7. The molecule has 106 valence electrons. The third-order valence-corrected chi connectivity index (χ3v) is 3.74. The zero-order chi connectivity index (χ0) is 13.8. The minimum Gasteiger partial charge on any atom is -0.467 e. The van der Waals surface area contributed by atoms with Crippen LogP contribution in [-0.2, 0) is 14.3 Å². The van der Waals surface area contributed by atoms with Crippen LogP contribution in [0.4, 0.5) is 0 Å². The fraction of sp³-hybridized carbons (Fsp3) is 0.929. The lowest BCUT2D eigenvalue weighted by molar-refractivity contribution is -0.176. The Morgan fingerprint density at radius 2 is 2.11 bits per heavy atom. The van der Waals surface area contributed by atoms with E-state index in [2.05, 4.69) is 26.1 Å². The van der Waals surface area contributed by atoms with Crippen molar-refractivity contribution in [2.24, 2.45) is 11.3 Å². The largest absolute Gasteiger partial charge is 0.467 e. The molecule has 0 bridgehead atoms. The van der Waals surface area contributed by atoms with Crippen molar-refractivity contribution in [3.8, 4) is 0 Å². The summed E-state index contributed by atoms with van der Waals surface area (Å²) >= 11 is 0. The molecule has 1 fully saturated rings. The minimum atomic E-state index is -0.805. The molecule has 18 heavy (non-hydrogen) atoms. The monoisotopic (exact) mass is 257 g/mol. The maximum atomic E-state index is 12.1. The van der Waals surface area contributed by atoms with E-state index in [4.69, 9.17) is 9.47 Å². The van der Waals surface area contributed by atoms with Gasteiger partial charge in [-0.25, -0.2) is 4.79 Å². The number of piperidine rings is 1. The number of nitrogens with one attached hydrogen (secondary N) is 1. The van der Waals surface area contributed by atoms with Crippen LogP contribution in [0.15, 0.2) is 0 Å². The van der Waals surface area contributed by atoms with Crippen LogP contribution in [0.25, 0.3) is 0 Å². The summed E-state index contributed by atoms with van der Waals surface area (Å²) in [4.78, 5) is 12.1. The van der Waals surface area contributed by atoms with Crippen molar-refractivity contribution in [3.63, 3.8) is 0 Å². The second kappa shape index (κ2) is 6.02. The summed E-state index contributed by atoms with van der Waals surface area (Å²) in [6.07, 6.45) is 1.63. The second-order valence-electron chi connectivity index (χ2n) is 6.23. The van der Waals surface area contributed by atoms with Crippen molar-refractivity contribution in [3.05, 3.63) is 0 Å². The number of hydrogen-bond donors (Lipinski definition) is 1. The van der Waals surface area contributed by atoms with E-state index >= 15 is 0 Å². The molecule has 1 rings (SSSR count). The zero-order valence-electron chi connectivity index (χ0n) is 12.3. The number of methoxy groups -OCH3 is 1. The van der Waals surface area contributed by atoms with Crippen molar-refractivity contribution >= 4 is 5.97 Å². The molecule has 2 atom stereocenters. The average molecular weight is 257 g/mol. The number of rotatable bonds is 4. The first kappa shape index (κ1) is 15.4. The van der Waals surface area contributed by atoms with Crippen LogP contribution in [0, 0.1) is 11.3 Å². The van der Waals surface area contributed by atoms with Gasteiger partial charge < -0.3 is 14.8 Å². The molecule has 0 amide bonds. The normalized spacial score (nSPS) is 29.1. The summed E-state index contributed by atoms with van der Waals surface area (Å²) in [6, 6.07) is 0. The van der Waals surface area contributed by atoms with Gasteiger partial charge in [0.25, 0.3) is 0 Å². The topological polar surface area (TPSA) is 47.6 Å². The molecule has 4 heteroatoms. The predicted octanol–water partition coefficient (Wildman–Crippen LogP) is 1.98. The zero-order valence-corrected chi connectivity index (χ0v) is 12.3. The Labute approximate surface area is 110 Å². The van der Waals surface area contributed by atoms with E-state index < -0.39 is 5.60 Å². The Kier molecular flexibility index (Phi) is 5.17. The Morgan fingerprint density at radius 3 is 2.61 bits per heavy atom. The lowest BCUT2D eigenvalue weighted by Crippen LogP contribution is -2.58. The van der Waals surface area contributed by atoms with Crippen molar-refractivity contribution in [1.29, 1.82) is 0 Å². The average Bonchev–Trinajstić information content (AvgIpc) is 2.34. The number of carbonyl (C=O) groups excluding carboxylic acids is 1. The smallest absolute Gasteiger partial charge is 0.339 e. The van der Waals surface area contributed by atoms with Gasteiger partial charge in [0.1, 0.15) is 0 Å². The fourth-order valence-corrected chi connectivity index (χ4v) is 2.41. The number of esters is 1. The molecule has 1 aliphatic heterocycles. The van der Waals surface area contributed by atoms with E-state index in [9.17, 15) is 4.79 Å². The van der Waals surface area contributed by atoms with Crippen molar-refractivity contribution in [1.82, 2.24) is 5.32 Å². The molecule has 1 saturated heterocycles. The van der Waals surface area contributed by atoms with E-state index in [1.807, 2.05) is 6.92 Å². The molecule has 0 aliphatic carbocycles. The first-order valence-electron chi connectivity index (χ1n) is 6.79. The van der Waals surface area contributed by atoms with Crippen molar-refractivity contribution < 1.29 is 14.3 Å². The molecule has 0 aromatic rings. The van der Waals surface area contributed by atoms with E-state index in [0.717, 1.165) is 19.4 Å². The van der Waals surface area contributed by atoms with E-state index in [0.29, 0.717) is 19.1 Å². The Bertz CT molecular complexity index is 285. The maximum absolute atomic E-state index is 12.1. The molecule has 0 radical (unpaired) electrons. The van der Waals surface area contributed by atoms with Crippen LogP contribution in [0.1, 0.15) is 40.5 Å². The first-order chi connectivity index (χ1) is 8.35. The van der Waals surface area contributed by atoms with Gasteiger partial charge in [-0.15, -0.1) is 0 Å². The summed E-state index contributed by atoms with van der Waals surface area (Å²) in [5.74, 6) is 0.152. The molecule has 4 nitrogen and oxygen atoms in total. The number of carbonyl (C=O) groups is 1. The Morgan fingerprint density at radius 1 is 1.44 bits per heavy atom. The van der Waals surface area contributed by atoms with Crippen LogP contribution < -0.4 is 5.32 Å². The molecule has 0 unspecified atom stereocenters. The molecule has 1 N–H and O–H groups in total. The van der Waals surface area contributed by atoms with Gasteiger partial charge >= 0.3 is 5.97 Å². The van der Waals surface area contributed by atoms with Crippen LogP contribution in [0.3, 0.4) is 0 Å². The molecule has 1 aliphatic rings. The molecule has 0 aromatic heterocycles. The summed E-state index contributed by atoms with van der Waals surface area (Å²) < 4.78 is 10.8. The van der Waals surface area contributed by atoms with Crippen molar-refractivity contribution in [2.75, 3.05) is 26.8 Å². The summed E-state index contributed by atoms with van der Waals surface area (Å²) in [5, 5.41) is 3.33. The van der Waals surface area contributed by atoms with Gasteiger partial charge in [-0.3, -0.25) is 0 Å². The van der Waals surface area contributed by atoms with Gasteiger partial charge in [-0.2, -0.15) is 0 Å². The van der Waals surface area contributed by atoms with Crippen LogP contribution in [-0.4, -0.2) is 38.4 Å². The van der Waals surface area contributed by atoms with Gasteiger partial charge in [0.05, 0.1) is 7.11 Å². The van der Waals surface area contributed by atoms with E-state index in [1.54, 1.807) is 0 Å². The van der Waals surface area contributed by atoms with Gasteiger partial charge in [0.15, 0.2) is 5.60 Å². The van der Waals surface area contributed by atoms with Gasteiger partial charge in [0.2, 0.25) is 0 Å². The molecule has 0 saturated carbocycles. The molecule has 1 heterocycles. The van der Waals surface area contributed by atoms with Gasteiger partial charge in [-0.1, -0.05) is 27.7 Å². The quantitative estimate of drug-likeness (QED) is 0.782. The summed E-state index contributed by atoms with van der Waals surface area (Å²) in [7, 11) is 1.43. The van der Waals surface area contributed by atoms with Gasteiger partial charge in [0, 0.05) is 13.2 Å². The SMILES string of the molecule is CCCO[C@]1(C(=O)OC)CNC[C@H](C(C)(C)C)C1. The molecule has 0 aromatic carbocycles. The first-order valence-corrected chi connectivity index (χ1v) is 6.79. The molecule has 0 spiro atoms. The fourth-order valence-electron chi connectivity index (χ4n) is 2.41. The minimum absolute atomic E-state index is 0.155. The second-order valence-corrected chi connectivity index (χ2v) is 6.23. The summed E-state index contributed by atoms with van der Waals surface area (Å²) in [5.41, 5.74) is -0.650. The van der Waals surface area contributed by atoms with Crippen molar-refractivity contribution in [2.45, 2.75) is 46.1 Å². The van der Waals surface area contributed by atoms with Crippen LogP contribution in [0.2, 0.25) is 0 Å². The predicted molar refractivity (Wildman–Crippen MR) is 71.4 cm³/mol. The lowest BCUT2D eigenvalue weighted by Gasteiger charge is -2.43. The Hall–Kier alpha value is -0.610. The van der Waals surface area contributed by atoms with Crippen LogP contribution >= 0.6 is 0 Å². The third kappa shape index (κ3) is 3.45. The highest BCUT2D eigenvalue weighted by atomic mass is 16.6. The molecular weight excluding hydrogens is 230 g/mol. The lowest BCUT2D eigenvalue weighted by atomic mass is 9.72. The number of hydrogen-bond acceptors (Lipinski definition) is 4. The highest BCUT2D eigenvalue weighted by Gasteiger charge is 2.47.